The van der Waals surface area contributed by atoms with Crippen molar-refractivity contribution >= 4 is 45.3 Å². The standard InChI is InChI=1S/C19H20N4O4S2/c1-29(26)13-7-14(17-20-5-6-28-17)16-15(8-13)21-18(27-16)22-9-11-3-2-4-12(10-22)23(11)19(24)25/h5-8,11-12H,2-4,9-10H2,1H3,(H,24,25). The van der Waals surface area contributed by atoms with Crippen LogP contribution in [0.1, 0.15) is 19.3 Å². The van der Waals surface area contributed by atoms with Gasteiger partial charge in [0.2, 0.25) is 0 Å². The molecule has 3 aromatic rings. The second kappa shape index (κ2) is 7.10. The molecule has 2 aliphatic heterocycles. The number of benzene rings is 1. The summed E-state index contributed by atoms with van der Waals surface area (Å²) in [5, 5.41) is 12.3. The van der Waals surface area contributed by atoms with Gasteiger partial charge in [-0.05, 0) is 31.4 Å². The fourth-order valence-electron chi connectivity index (χ4n) is 4.39. The van der Waals surface area contributed by atoms with Crippen molar-refractivity contribution in [1.82, 2.24) is 14.9 Å². The molecule has 10 heteroatoms. The van der Waals surface area contributed by atoms with Crippen LogP contribution in [0, 0.1) is 0 Å². The van der Waals surface area contributed by atoms with E-state index in [0.717, 1.165) is 29.8 Å². The third-order valence-electron chi connectivity index (χ3n) is 5.66. The predicted octanol–water partition coefficient (Wildman–Crippen LogP) is 3.41. The van der Waals surface area contributed by atoms with E-state index in [9.17, 15) is 14.1 Å². The number of carbonyl (C=O) groups is 1. The van der Waals surface area contributed by atoms with Crippen LogP contribution in [0.2, 0.25) is 0 Å². The maximum Gasteiger partial charge on any atom is 0.407 e. The monoisotopic (exact) mass is 432 g/mol. The first-order chi connectivity index (χ1) is 14.0. The second-order valence-corrected chi connectivity index (χ2v) is 9.71. The lowest BCUT2D eigenvalue weighted by Gasteiger charge is -2.48. The summed E-state index contributed by atoms with van der Waals surface area (Å²) in [6.07, 6.45) is 5.26. The summed E-state index contributed by atoms with van der Waals surface area (Å²) in [6.45, 7) is 1.13. The van der Waals surface area contributed by atoms with Crippen molar-refractivity contribution in [2.24, 2.45) is 0 Å². The molecule has 0 spiro atoms. The summed E-state index contributed by atoms with van der Waals surface area (Å²) in [6, 6.07) is 4.03. The van der Waals surface area contributed by atoms with E-state index in [1.807, 2.05) is 16.3 Å². The van der Waals surface area contributed by atoms with E-state index in [0.29, 0.717) is 35.1 Å². The maximum atomic E-state index is 12.1. The molecule has 3 atom stereocenters. The Labute approximate surface area is 173 Å². The van der Waals surface area contributed by atoms with E-state index in [-0.39, 0.29) is 12.1 Å². The highest BCUT2D eigenvalue weighted by Gasteiger charge is 2.41. The summed E-state index contributed by atoms with van der Waals surface area (Å²) in [7, 11) is -1.16. The summed E-state index contributed by atoms with van der Waals surface area (Å²) in [4.78, 5) is 25.0. The fourth-order valence-corrected chi connectivity index (χ4v) is 5.60. The van der Waals surface area contributed by atoms with Crippen LogP contribution in [0.25, 0.3) is 21.7 Å². The average molecular weight is 433 g/mol. The molecule has 29 heavy (non-hydrogen) atoms. The quantitative estimate of drug-likeness (QED) is 0.677. The Hall–Kier alpha value is -2.46. The lowest BCUT2D eigenvalue weighted by atomic mass is 9.92. The van der Waals surface area contributed by atoms with Crippen molar-refractivity contribution < 1.29 is 18.5 Å². The highest BCUT2D eigenvalue weighted by Crippen LogP contribution is 2.37. The van der Waals surface area contributed by atoms with E-state index < -0.39 is 16.9 Å². The van der Waals surface area contributed by atoms with Crippen molar-refractivity contribution in [3.05, 3.63) is 23.7 Å². The van der Waals surface area contributed by atoms with Gasteiger partial charge in [-0.2, -0.15) is 4.98 Å². The van der Waals surface area contributed by atoms with Crippen LogP contribution in [-0.4, -0.2) is 61.7 Å². The first-order valence-electron chi connectivity index (χ1n) is 9.45. The highest BCUT2D eigenvalue weighted by atomic mass is 32.2. The zero-order valence-corrected chi connectivity index (χ0v) is 17.4. The minimum Gasteiger partial charge on any atom is -0.465 e. The van der Waals surface area contributed by atoms with Gasteiger partial charge in [-0.15, -0.1) is 11.3 Å². The van der Waals surface area contributed by atoms with E-state index >= 15 is 0 Å². The number of piperidine rings is 1. The number of nitrogens with zero attached hydrogens (tertiary/aromatic N) is 4. The van der Waals surface area contributed by atoms with Crippen LogP contribution in [0.4, 0.5) is 10.8 Å². The number of oxazole rings is 1. The Morgan fingerprint density at radius 1 is 1.31 bits per heavy atom. The molecule has 0 aliphatic carbocycles. The predicted molar refractivity (Wildman–Crippen MR) is 111 cm³/mol. The molecule has 0 saturated carbocycles. The van der Waals surface area contributed by atoms with E-state index in [1.54, 1.807) is 23.4 Å². The first-order valence-corrected chi connectivity index (χ1v) is 11.9. The summed E-state index contributed by atoms with van der Waals surface area (Å²) in [5.74, 6) is 0. The van der Waals surface area contributed by atoms with Gasteiger partial charge in [0.1, 0.15) is 10.5 Å². The zero-order chi connectivity index (χ0) is 20.1. The topological polar surface area (TPSA) is 99.8 Å². The molecular formula is C19H20N4O4S2. The van der Waals surface area contributed by atoms with Gasteiger partial charge in [0, 0.05) is 46.6 Å². The van der Waals surface area contributed by atoms with E-state index in [4.69, 9.17) is 4.42 Å². The van der Waals surface area contributed by atoms with E-state index in [2.05, 4.69) is 9.97 Å². The number of aromatic nitrogens is 2. The molecule has 5 rings (SSSR count). The van der Waals surface area contributed by atoms with Crippen LogP contribution in [0.5, 0.6) is 0 Å². The van der Waals surface area contributed by atoms with Gasteiger partial charge in [0.15, 0.2) is 5.58 Å². The molecule has 2 bridgehead atoms. The second-order valence-electron chi connectivity index (χ2n) is 7.44. The first kappa shape index (κ1) is 18.6. The number of hydrogen-bond donors (Lipinski definition) is 1. The molecule has 4 heterocycles. The van der Waals surface area contributed by atoms with Crippen molar-refractivity contribution in [1.29, 1.82) is 0 Å². The molecule has 152 valence electrons. The Bertz CT molecular complexity index is 1080. The minimum atomic E-state index is -1.16. The summed E-state index contributed by atoms with van der Waals surface area (Å²) in [5.41, 5.74) is 2.05. The molecule has 2 saturated heterocycles. The molecule has 1 amide bonds. The Morgan fingerprint density at radius 3 is 2.69 bits per heavy atom. The van der Waals surface area contributed by atoms with Gasteiger partial charge >= 0.3 is 6.09 Å². The van der Waals surface area contributed by atoms with Gasteiger partial charge in [-0.3, -0.25) is 9.11 Å². The van der Waals surface area contributed by atoms with Gasteiger partial charge in [-0.1, -0.05) is 0 Å². The van der Waals surface area contributed by atoms with E-state index in [1.165, 1.54) is 11.3 Å². The zero-order valence-electron chi connectivity index (χ0n) is 15.8. The molecular weight excluding hydrogens is 412 g/mol. The molecule has 2 fully saturated rings. The normalized spacial score (nSPS) is 22.8. The smallest absolute Gasteiger partial charge is 0.407 e. The van der Waals surface area contributed by atoms with Gasteiger partial charge in [0.25, 0.3) is 6.01 Å². The minimum absolute atomic E-state index is 0.0489. The molecule has 2 aromatic heterocycles. The molecule has 0 radical (unpaired) electrons. The lowest BCUT2D eigenvalue weighted by molar-refractivity contribution is 0.0593. The van der Waals surface area contributed by atoms with Crippen molar-refractivity contribution in [2.75, 3.05) is 24.2 Å². The number of rotatable bonds is 3. The van der Waals surface area contributed by atoms with Crippen LogP contribution in [-0.2, 0) is 10.8 Å². The number of amides is 1. The van der Waals surface area contributed by atoms with Crippen LogP contribution >= 0.6 is 11.3 Å². The maximum absolute atomic E-state index is 12.1. The van der Waals surface area contributed by atoms with Crippen LogP contribution < -0.4 is 4.90 Å². The third-order valence-corrected chi connectivity index (χ3v) is 7.37. The molecule has 8 nitrogen and oxygen atoms in total. The van der Waals surface area contributed by atoms with Gasteiger partial charge in [0.05, 0.1) is 17.6 Å². The highest BCUT2D eigenvalue weighted by molar-refractivity contribution is 7.84. The third kappa shape index (κ3) is 3.20. The molecule has 2 aliphatic rings. The lowest BCUT2D eigenvalue weighted by Crippen LogP contribution is -2.62. The number of thiazole rings is 1. The summed E-state index contributed by atoms with van der Waals surface area (Å²) >= 11 is 1.49. The largest absolute Gasteiger partial charge is 0.465 e. The average Bonchev–Trinajstić information content (AvgIpc) is 3.35. The Kier molecular flexibility index (Phi) is 4.54. The van der Waals surface area contributed by atoms with Crippen molar-refractivity contribution in [3.8, 4) is 10.6 Å². The molecule has 3 unspecified atom stereocenters. The molecule has 1 N–H and O–H groups in total. The number of carboxylic acid groups (broad SMARTS) is 1. The fraction of sp³-hybridized carbons (Fsp3) is 0.421. The number of piperazine rings is 1. The molecule has 1 aromatic carbocycles. The van der Waals surface area contributed by atoms with Crippen molar-refractivity contribution in [2.45, 2.75) is 36.2 Å². The van der Waals surface area contributed by atoms with Crippen LogP contribution in [0.15, 0.2) is 33.0 Å². The Morgan fingerprint density at radius 2 is 2.07 bits per heavy atom. The SMILES string of the molecule is CS(=O)c1cc(-c2nccs2)c2oc(N3CC4CCCC(C3)N4C(=O)O)nc2c1. The Balaban J connectivity index is 1.56. The number of hydrogen-bond acceptors (Lipinski definition) is 7. The summed E-state index contributed by atoms with van der Waals surface area (Å²) < 4.78 is 18.3. The van der Waals surface area contributed by atoms with Crippen molar-refractivity contribution in [3.63, 3.8) is 0 Å². The van der Waals surface area contributed by atoms with Crippen LogP contribution in [0.3, 0.4) is 0 Å². The number of anilines is 1. The number of fused-ring (bicyclic) bond motifs is 3. The van der Waals surface area contributed by atoms with Gasteiger partial charge in [-0.25, -0.2) is 9.78 Å². The van der Waals surface area contributed by atoms with Gasteiger partial charge < -0.3 is 14.4 Å².